The average Bonchev–Trinajstić information content (AvgIpc) is 3.17. The van der Waals surface area contributed by atoms with Crippen molar-refractivity contribution in [1.82, 2.24) is 9.55 Å². The second kappa shape index (κ2) is 6.64. The van der Waals surface area contributed by atoms with Crippen molar-refractivity contribution in [3.05, 3.63) is 39.1 Å². The largest absolute Gasteiger partial charge is 0.370 e. The summed E-state index contributed by atoms with van der Waals surface area (Å²) in [7, 11) is 0. The van der Waals surface area contributed by atoms with Crippen molar-refractivity contribution in [2.45, 2.75) is 32.7 Å². The number of hydrogen-bond acceptors (Lipinski definition) is 5. The Hall–Kier alpha value is -1.99. The third kappa shape index (κ3) is 3.07. The molecule has 0 atom stereocenters. The molecule has 1 amide bonds. The Morgan fingerprint density at radius 2 is 2.22 bits per heavy atom. The first kappa shape index (κ1) is 15.9. The molecule has 3 aromatic rings. The van der Waals surface area contributed by atoms with E-state index in [-0.39, 0.29) is 17.9 Å². The molecule has 3 aromatic heterocycles. The molecule has 0 bridgehead atoms. The van der Waals surface area contributed by atoms with Crippen LogP contribution in [0.5, 0.6) is 0 Å². The minimum absolute atomic E-state index is 0.0269. The molecule has 120 valence electrons. The number of amides is 1. The first-order valence-electron chi connectivity index (χ1n) is 7.45. The van der Waals surface area contributed by atoms with E-state index in [0.29, 0.717) is 24.8 Å². The number of thiophene rings is 2. The van der Waals surface area contributed by atoms with Gasteiger partial charge in [-0.15, -0.1) is 22.7 Å². The Morgan fingerprint density at radius 3 is 2.87 bits per heavy atom. The van der Waals surface area contributed by atoms with E-state index in [1.165, 1.54) is 11.3 Å². The molecule has 0 aliphatic rings. The molecule has 5 nitrogen and oxygen atoms in total. The second-order valence-electron chi connectivity index (χ2n) is 5.22. The van der Waals surface area contributed by atoms with Gasteiger partial charge in [0.2, 0.25) is 5.91 Å². The van der Waals surface area contributed by atoms with Crippen LogP contribution in [0.15, 0.2) is 27.7 Å². The van der Waals surface area contributed by atoms with Crippen LogP contribution in [0.2, 0.25) is 0 Å². The predicted molar refractivity (Wildman–Crippen MR) is 95.0 cm³/mol. The fourth-order valence-corrected chi connectivity index (χ4v) is 4.36. The minimum Gasteiger partial charge on any atom is -0.370 e. The summed E-state index contributed by atoms with van der Waals surface area (Å²) in [6.07, 6.45) is 1.50. The second-order valence-corrected chi connectivity index (χ2v) is 7.02. The van der Waals surface area contributed by atoms with Gasteiger partial charge < -0.3 is 5.73 Å². The summed E-state index contributed by atoms with van der Waals surface area (Å²) in [5.74, 6) is 0.409. The lowest BCUT2D eigenvalue weighted by Gasteiger charge is -2.11. The molecule has 0 aliphatic carbocycles. The third-order valence-corrected chi connectivity index (χ3v) is 5.46. The molecule has 0 unspecified atom stereocenters. The lowest BCUT2D eigenvalue weighted by molar-refractivity contribution is -0.118. The van der Waals surface area contributed by atoms with Crippen LogP contribution in [0, 0.1) is 0 Å². The van der Waals surface area contributed by atoms with Crippen LogP contribution in [-0.2, 0) is 17.8 Å². The van der Waals surface area contributed by atoms with Gasteiger partial charge in [0.25, 0.3) is 5.56 Å². The van der Waals surface area contributed by atoms with Crippen LogP contribution in [0.25, 0.3) is 20.7 Å². The van der Waals surface area contributed by atoms with Crippen molar-refractivity contribution in [2.75, 3.05) is 0 Å². The van der Waals surface area contributed by atoms with E-state index in [1.807, 2.05) is 29.8 Å². The Kier molecular flexibility index (Phi) is 4.58. The number of nitrogens with two attached hydrogens (primary N) is 1. The molecule has 0 spiro atoms. The SMILES string of the molecule is CCc1nc2scc(-c3cccs3)c2c(=O)n1CCCC(N)=O. The van der Waals surface area contributed by atoms with Gasteiger partial charge in [0, 0.05) is 35.2 Å². The van der Waals surface area contributed by atoms with Gasteiger partial charge in [-0.3, -0.25) is 14.2 Å². The predicted octanol–water partition coefficient (Wildman–Crippen LogP) is 3.01. The maximum atomic E-state index is 13.0. The molecular formula is C16H17N3O2S2. The summed E-state index contributed by atoms with van der Waals surface area (Å²) in [6.45, 7) is 2.44. The van der Waals surface area contributed by atoms with Crippen LogP contribution in [-0.4, -0.2) is 15.5 Å². The topological polar surface area (TPSA) is 78.0 Å². The van der Waals surface area contributed by atoms with Crippen molar-refractivity contribution in [1.29, 1.82) is 0 Å². The van der Waals surface area contributed by atoms with Gasteiger partial charge in [0.05, 0.1) is 5.39 Å². The molecule has 3 rings (SSSR count). The maximum absolute atomic E-state index is 13.0. The quantitative estimate of drug-likeness (QED) is 0.744. The lowest BCUT2D eigenvalue weighted by Crippen LogP contribution is -2.25. The van der Waals surface area contributed by atoms with Gasteiger partial charge in [-0.2, -0.15) is 0 Å². The highest BCUT2D eigenvalue weighted by Crippen LogP contribution is 2.33. The number of fused-ring (bicyclic) bond motifs is 1. The van der Waals surface area contributed by atoms with Gasteiger partial charge >= 0.3 is 0 Å². The van der Waals surface area contributed by atoms with E-state index in [0.717, 1.165) is 21.1 Å². The zero-order valence-corrected chi connectivity index (χ0v) is 14.4. The molecule has 23 heavy (non-hydrogen) atoms. The highest BCUT2D eigenvalue weighted by molar-refractivity contribution is 7.18. The number of aromatic nitrogens is 2. The van der Waals surface area contributed by atoms with Crippen molar-refractivity contribution in [3.8, 4) is 10.4 Å². The average molecular weight is 347 g/mol. The fraction of sp³-hybridized carbons (Fsp3) is 0.312. The Labute approximate surface area is 141 Å². The van der Waals surface area contributed by atoms with Crippen molar-refractivity contribution >= 4 is 38.8 Å². The number of aryl methyl sites for hydroxylation is 1. The van der Waals surface area contributed by atoms with E-state index in [4.69, 9.17) is 5.73 Å². The number of primary amides is 1. The number of hydrogen-bond donors (Lipinski definition) is 1. The smallest absolute Gasteiger partial charge is 0.262 e. The summed E-state index contributed by atoms with van der Waals surface area (Å²) in [5, 5.41) is 4.67. The Morgan fingerprint density at radius 1 is 1.39 bits per heavy atom. The normalized spacial score (nSPS) is 11.2. The zero-order chi connectivity index (χ0) is 16.4. The molecule has 7 heteroatoms. The minimum atomic E-state index is -0.347. The highest BCUT2D eigenvalue weighted by Gasteiger charge is 2.16. The fourth-order valence-electron chi connectivity index (χ4n) is 2.59. The molecule has 2 N–H and O–H groups in total. The number of nitrogens with zero attached hydrogens (tertiary/aromatic N) is 2. The van der Waals surface area contributed by atoms with Crippen LogP contribution < -0.4 is 11.3 Å². The Bertz CT molecular complexity index is 894. The van der Waals surface area contributed by atoms with Crippen molar-refractivity contribution in [2.24, 2.45) is 5.73 Å². The van der Waals surface area contributed by atoms with E-state index in [1.54, 1.807) is 15.9 Å². The van der Waals surface area contributed by atoms with Gasteiger partial charge in [0.15, 0.2) is 0 Å². The monoisotopic (exact) mass is 347 g/mol. The molecule has 3 heterocycles. The number of rotatable bonds is 6. The van der Waals surface area contributed by atoms with E-state index in [9.17, 15) is 9.59 Å². The van der Waals surface area contributed by atoms with Crippen LogP contribution in [0.3, 0.4) is 0 Å². The molecule has 0 saturated heterocycles. The molecule has 0 aromatic carbocycles. The number of carbonyl (C=O) groups is 1. The van der Waals surface area contributed by atoms with Crippen LogP contribution in [0.1, 0.15) is 25.6 Å². The van der Waals surface area contributed by atoms with E-state index >= 15 is 0 Å². The summed E-state index contributed by atoms with van der Waals surface area (Å²) in [6, 6.07) is 3.99. The number of carbonyl (C=O) groups excluding carboxylic acids is 1. The molecule has 0 radical (unpaired) electrons. The van der Waals surface area contributed by atoms with Crippen LogP contribution >= 0.6 is 22.7 Å². The van der Waals surface area contributed by atoms with Gasteiger partial charge in [-0.1, -0.05) is 13.0 Å². The molecule has 0 aliphatic heterocycles. The van der Waals surface area contributed by atoms with E-state index in [2.05, 4.69) is 4.98 Å². The summed E-state index contributed by atoms with van der Waals surface area (Å²) >= 11 is 3.11. The van der Waals surface area contributed by atoms with Crippen LogP contribution in [0.4, 0.5) is 0 Å². The first-order valence-corrected chi connectivity index (χ1v) is 9.20. The van der Waals surface area contributed by atoms with Gasteiger partial charge in [0.1, 0.15) is 10.7 Å². The molecular weight excluding hydrogens is 330 g/mol. The van der Waals surface area contributed by atoms with Gasteiger partial charge in [-0.25, -0.2) is 4.98 Å². The lowest BCUT2D eigenvalue weighted by atomic mass is 10.2. The van der Waals surface area contributed by atoms with Gasteiger partial charge in [-0.05, 0) is 17.9 Å². The third-order valence-electron chi connectivity index (χ3n) is 3.68. The first-order chi connectivity index (χ1) is 11.1. The Balaban J connectivity index is 2.11. The summed E-state index contributed by atoms with van der Waals surface area (Å²) in [4.78, 5) is 30.4. The standard InChI is InChI=1S/C16H17N3O2S2/c1-2-13-18-15-14(10(9-23-15)11-5-4-8-22-11)16(21)19(13)7-3-6-12(17)20/h4-5,8-9H,2-3,6-7H2,1H3,(H2,17,20). The highest BCUT2D eigenvalue weighted by atomic mass is 32.1. The summed E-state index contributed by atoms with van der Waals surface area (Å²) < 4.78 is 1.69. The maximum Gasteiger partial charge on any atom is 0.262 e. The zero-order valence-electron chi connectivity index (χ0n) is 12.7. The molecule has 0 saturated carbocycles. The molecule has 0 fully saturated rings. The summed E-state index contributed by atoms with van der Waals surface area (Å²) in [5.41, 5.74) is 6.11. The van der Waals surface area contributed by atoms with Crippen molar-refractivity contribution < 1.29 is 4.79 Å². The van der Waals surface area contributed by atoms with Crippen molar-refractivity contribution in [3.63, 3.8) is 0 Å². The van der Waals surface area contributed by atoms with E-state index < -0.39 is 0 Å².